The first-order chi connectivity index (χ1) is 9.44. The van der Waals surface area contributed by atoms with Crippen LogP contribution in [0.25, 0.3) is 0 Å². The highest BCUT2D eigenvalue weighted by Crippen LogP contribution is 2.23. The van der Waals surface area contributed by atoms with E-state index in [0.29, 0.717) is 5.69 Å². The molecule has 1 fully saturated rings. The van der Waals surface area contributed by atoms with Gasteiger partial charge in [0.2, 0.25) is 5.91 Å². The molecule has 1 amide bonds. The molecule has 0 spiro atoms. The third-order valence-corrected chi connectivity index (χ3v) is 4.25. The topological polar surface area (TPSA) is 66.5 Å². The lowest BCUT2D eigenvalue weighted by atomic mass is 10.2. The summed E-state index contributed by atoms with van der Waals surface area (Å²) >= 11 is 0. The summed E-state index contributed by atoms with van der Waals surface area (Å²) in [6.07, 6.45) is 3.52. The minimum Gasteiger partial charge on any atom is -0.371 e. The Kier molecular flexibility index (Phi) is 4.65. The van der Waals surface area contributed by atoms with Crippen molar-refractivity contribution in [3.05, 3.63) is 24.3 Å². The number of nitrogens with zero attached hydrogens (tertiary/aromatic N) is 1. The molecule has 0 atom stereocenters. The van der Waals surface area contributed by atoms with Gasteiger partial charge in [-0.15, -0.1) is 0 Å². The van der Waals surface area contributed by atoms with E-state index in [1.54, 1.807) is 0 Å². The fourth-order valence-corrected chi connectivity index (χ4v) is 2.81. The SMILES string of the molecule is CS(=O)(=O)CCC(=O)Nc1cccc(N2CCCC2)c1. The van der Waals surface area contributed by atoms with Gasteiger partial charge in [0.15, 0.2) is 0 Å². The van der Waals surface area contributed by atoms with E-state index in [-0.39, 0.29) is 18.1 Å². The van der Waals surface area contributed by atoms with Crippen molar-refractivity contribution in [1.82, 2.24) is 0 Å². The molecule has 0 unspecified atom stereocenters. The Bertz CT molecular complexity index is 578. The zero-order chi connectivity index (χ0) is 14.6. The second-order valence-electron chi connectivity index (χ2n) is 5.17. The second kappa shape index (κ2) is 6.26. The van der Waals surface area contributed by atoms with Crippen molar-refractivity contribution in [1.29, 1.82) is 0 Å². The number of nitrogens with one attached hydrogen (secondary N) is 1. The minimum atomic E-state index is -3.10. The number of hydrogen-bond donors (Lipinski definition) is 1. The molecule has 0 bridgehead atoms. The Morgan fingerprint density at radius 1 is 1.30 bits per heavy atom. The minimum absolute atomic E-state index is 0.00717. The smallest absolute Gasteiger partial charge is 0.225 e. The van der Waals surface area contributed by atoms with E-state index in [1.807, 2.05) is 24.3 Å². The predicted octanol–water partition coefficient (Wildman–Crippen LogP) is 1.66. The number of amides is 1. The van der Waals surface area contributed by atoms with Crippen LogP contribution in [0.4, 0.5) is 11.4 Å². The first-order valence-electron chi connectivity index (χ1n) is 6.77. The summed E-state index contributed by atoms with van der Waals surface area (Å²) < 4.78 is 22.1. The van der Waals surface area contributed by atoms with Crippen LogP contribution in [-0.2, 0) is 14.6 Å². The molecule has 20 heavy (non-hydrogen) atoms. The molecule has 5 nitrogen and oxygen atoms in total. The number of carbonyl (C=O) groups excluding carboxylic acids is 1. The van der Waals surface area contributed by atoms with Gasteiger partial charge in [-0.2, -0.15) is 0 Å². The van der Waals surface area contributed by atoms with Gasteiger partial charge in [-0.3, -0.25) is 4.79 Å². The molecular weight excluding hydrogens is 276 g/mol. The number of hydrogen-bond acceptors (Lipinski definition) is 4. The van der Waals surface area contributed by atoms with Crippen LogP contribution in [0.2, 0.25) is 0 Å². The van der Waals surface area contributed by atoms with Gasteiger partial charge >= 0.3 is 0 Å². The highest BCUT2D eigenvalue weighted by atomic mass is 32.2. The Balaban J connectivity index is 1.95. The van der Waals surface area contributed by atoms with Crippen molar-refractivity contribution in [3.63, 3.8) is 0 Å². The molecule has 0 aromatic heterocycles. The number of benzene rings is 1. The second-order valence-corrected chi connectivity index (χ2v) is 7.43. The van der Waals surface area contributed by atoms with Crippen LogP contribution in [0.5, 0.6) is 0 Å². The van der Waals surface area contributed by atoms with Crippen LogP contribution < -0.4 is 10.2 Å². The highest BCUT2D eigenvalue weighted by Gasteiger charge is 2.13. The van der Waals surface area contributed by atoms with E-state index >= 15 is 0 Å². The Hall–Kier alpha value is -1.56. The molecule has 1 aliphatic rings. The molecule has 1 heterocycles. The Morgan fingerprint density at radius 2 is 2.00 bits per heavy atom. The third-order valence-electron chi connectivity index (χ3n) is 3.30. The van der Waals surface area contributed by atoms with E-state index < -0.39 is 9.84 Å². The van der Waals surface area contributed by atoms with Gasteiger partial charge in [-0.1, -0.05) is 6.07 Å². The highest BCUT2D eigenvalue weighted by molar-refractivity contribution is 7.90. The van der Waals surface area contributed by atoms with Crippen molar-refractivity contribution in [2.45, 2.75) is 19.3 Å². The van der Waals surface area contributed by atoms with E-state index in [0.717, 1.165) is 25.0 Å². The van der Waals surface area contributed by atoms with Gasteiger partial charge in [0.1, 0.15) is 9.84 Å². The lowest BCUT2D eigenvalue weighted by Gasteiger charge is -2.18. The van der Waals surface area contributed by atoms with E-state index in [1.165, 1.54) is 12.8 Å². The normalized spacial score (nSPS) is 15.3. The first-order valence-corrected chi connectivity index (χ1v) is 8.83. The lowest BCUT2D eigenvalue weighted by molar-refractivity contribution is -0.115. The molecule has 0 saturated carbocycles. The van der Waals surface area contributed by atoms with Gasteiger partial charge in [0.05, 0.1) is 5.75 Å². The predicted molar refractivity (Wildman–Crippen MR) is 80.8 cm³/mol. The average molecular weight is 296 g/mol. The van der Waals surface area contributed by atoms with Crippen LogP contribution in [0, 0.1) is 0 Å². The van der Waals surface area contributed by atoms with Crippen molar-refractivity contribution in [3.8, 4) is 0 Å². The summed E-state index contributed by atoms with van der Waals surface area (Å²) in [6.45, 7) is 2.09. The summed E-state index contributed by atoms with van der Waals surface area (Å²) in [6, 6.07) is 7.68. The molecule has 1 saturated heterocycles. The summed E-state index contributed by atoms with van der Waals surface area (Å²) in [4.78, 5) is 14.0. The molecule has 1 N–H and O–H groups in total. The standard InChI is InChI=1S/C14H20N2O3S/c1-20(18,19)10-7-14(17)15-12-5-4-6-13(11-12)16-8-2-3-9-16/h4-6,11H,2-3,7-10H2,1H3,(H,15,17). The molecule has 0 aliphatic carbocycles. The van der Waals surface area contributed by atoms with Crippen LogP contribution in [0.1, 0.15) is 19.3 Å². The fourth-order valence-electron chi connectivity index (χ4n) is 2.26. The number of anilines is 2. The maximum absolute atomic E-state index is 11.7. The summed E-state index contributed by atoms with van der Waals surface area (Å²) in [5, 5.41) is 2.75. The number of carbonyl (C=O) groups is 1. The fraction of sp³-hybridized carbons (Fsp3) is 0.500. The maximum Gasteiger partial charge on any atom is 0.225 e. The molecule has 6 heteroatoms. The molecule has 1 aromatic rings. The number of rotatable bonds is 5. The maximum atomic E-state index is 11.7. The van der Waals surface area contributed by atoms with Gasteiger partial charge in [0, 0.05) is 37.1 Å². The van der Waals surface area contributed by atoms with Gasteiger partial charge in [-0.05, 0) is 31.0 Å². The monoisotopic (exact) mass is 296 g/mol. The van der Waals surface area contributed by atoms with Crippen LogP contribution in [0.15, 0.2) is 24.3 Å². The van der Waals surface area contributed by atoms with Crippen molar-refractivity contribution in [2.75, 3.05) is 35.3 Å². The molecule has 1 aliphatic heterocycles. The molecule has 2 rings (SSSR count). The van der Waals surface area contributed by atoms with Crippen molar-refractivity contribution < 1.29 is 13.2 Å². The van der Waals surface area contributed by atoms with Gasteiger partial charge < -0.3 is 10.2 Å². The average Bonchev–Trinajstić information content (AvgIpc) is 2.90. The quantitative estimate of drug-likeness (QED) is 0.897. The summed E-state index contributed by atoms with van der Waals surface area (Å²) in [5.74, 6) is -0.390. The Morgan fingerprint density at radius 3 is 2.65 bits per heavy atom. The van der Waals surface area contributed by atoms with Crippen LogP contribution in [-0.4, -0.2) is 39.4 Å². The Labute approximate surface area is 119 Å². The van der Waals surface area contributed by atoms with Crippen LogP contribution in [0.3, 0.4) is 0 Å². The largest absolute Gasteiger partial charge is 0.371 e. The van der Waals surface area contributed by atoms with E-state index in [4.69, 9.17) is 0 Å². The van der Waals surface area contributed by atoms with E-state index in [2.05, 4.69) is 10.2 Å². The third kappa shape index (κ3) is 4.52. The number of sulfone groups is 1. The summed E-state index contributed by atoms with van der Waals surface area (Å²) in [5.41, 5.74) is 1.82. The molecule has 110 valence electrons. The van der Waals surface area contributed by atoms with Gasteiger partial charge in [0.25, 0.3) is 0 Å². The zero-order valence-electron chi connectivity index (χ0n) is 11.6. The van der Waals surface area contributed by atoms with E-state index in [9.17, 15) is 13.2 Å². The zero-order valence-corrected chi connectivity index (χ0v) is 12.4. The summed E-state index contributed by atoms with van der Waals surface area (Å²) in [7, 11) is -3.10. The van der Waals surface area contributed by atoms with Crippen LogP contribution >= 0.6 is 0 Å². The molecule has 1 aromatic carbocycles. The van der Waals surface area contributed by atoms with Crippen molar-refractivity contribution >= 4 is 27.1 Å². The molecule has 0 radical (unpaired) electrons. The molecular formula is C14H20N2O3S. The van der Waals surface area contributed by atoms with Gasteiger partial charge in [-0.25, -0.2) is 8.42 Å². The lowest BCUT2D eigenvalue weighted by Crippen LogP contribution is -2.19. The first kappa shape index (κ1) is 14.8. The van der Waals surface area contributed by atoms with Crippen molar-refractivity contribution in [2.24, 2.45) is 0 Å².